The quantitative estimate of drug-likeness (QED) is 0.841. The van der Waals surface area contributed by atoms with Gasteiger partial charge in [-0.25, -0.2) is 0 Å². The third kappa shape index (κ3) is 4.67. The maximum Gasteiger partial charge on any atom is 0.226 e. The van der Waals surface area contributed by atoms with Gasteiger partial charge in [-0.2, -0.15) is 0 Å². The fourth-order valence-corrected chi connectivity index (χ4v) is 2.84. The largest absolute Gasteiger partial charge is 0.486 e. The standard InChI is InChI=1S/C19H19ClN2O4/c1-12(23)21-16(13-2-4-14(20)5-3-13)11-19(24)22-15-6-7-17-18(10-15)26-9-8-25-17/h2-7,10,16H,8-9,11H2,1H3,(H,21,23)(H,22,24)/t16-/m0/s1. The van der Waals surface area contributed by atoms with Gasteiger partial charge in [-0.15, -0.1) is 0 Å². The highest BCUT2D eigenvalue weighted by atomic mass is 35.5. The first-order valence-electron chi connectivity index (χ1n) is 8.23. The highest BCUT2D eigenvalue weighted by molar-refractivity contribution is 6.30. The lowest BCUT2D eigenvalue weighted by Gasteiger charge is -2.20. The van der Waals surface area contributed by atoms with E-state index in [0.29, 0.717) is 35.4 Å². The molecule has 3 rings (SSSR count). The molecule has 0 spiro atoms. The maximum absolute atomic E-state index is 12.5. The van der Waals surface area contributed by atoms with E-state index in [2.05, 4.69) is 10.6 Å². The molecule has 2 N–H and O–H groups in total. The zero-order valence-corrected chi connectivity index (χ0v) is 15.0. The van der Waals surface area contributed by atoms with E-state index in [1.54, 1.807) is 42.5 Å². The molecule has 0 radical (unpaired) electrons. The number of anilines is 1. The van der Waals surface area contributed by atoms with Crippen LogP contribution in [0, 0.1) is 0 Å². The first-order chi connectivity index (χ1) is 12.5. The second-order valence-electron chi connectivity index (χ2n) is 5.92. The van der Waals surface area contributed by atoms with Gasteiger partial charge in [0.15, 0.2) is 11.5 Å². The van der Waals surface area contributed by atoms with Crippen LogP contribution in [-0.4, -0.2) is 25.0 Å². The van der Waals surface area contributed by atoms with Gasteiger partial charge in [0.25, 0.3) is 0 Å². The number of ether oxygens (including phenoxy) is 2. The Labute approximate surface area is 156 Å². The molecule has 0 aromatic heterocycles. The first kappa shape index (κ1) is 18.1. The molecule has 0 saturated heterocycles. The van der Waals surface area contributed by atoms with Crippen LogP contribution in [0.3, 0.4) is 0 Å². The molecule has 0 saturated carbocycles. The second kappa shape index (κ2) is 8.10. The second-order valence-corrected chi connectivity index (χ2v) is 6.35. The SMILES string of the molecule is CC(=O)N[C@@H](CC(=O)Nc1ccc2c(c1)OCCO2)c1ccc(Cl)cc1. The lowest BCUT2D eigenvalue weighted by molar-refractivity contribution is -0.120. The van der Waals surface area contributed by atoms with Crippen molar-refractivity contribution in [2.24, 2.45) is 0 Å². The summed E-state index contributed by atoms with van der Waals surface area (Å²) in [4.78, 5) is 23.9. The van der Waals surface area contributed by atoms with Gasteiger partial charge in [0.2, 0.25) is 11.8 Å². The Morgan fingerprint density at radius 3 is 2.46 bits per heavy atom. The van der Waals surface area contributed by atoms with Crippen LogP contribution in [0.25, 0.3) is 0 Å². The van der Waals surface area contributed by atoms with Gasteiger partial charge in [0, 0.05) is 23.7 Å². The van der Waals surface area contributed by atoms with Crippen molar-refractivity contribution in [1.82, 2.24) is 5.32 Å². The maximum atomic E-state index is 12.5. The Hall–Kier alpha value is -2.73. The van der Waals surface area contributed by atoms with Gasteiger partial charge >= 0.3 is 0 Å². The summed E-state index contributed by atoms with van der Waals surface area (Å²) < 4.78 is 11.0. The molecule has 0 unspecified atom stereocenters. The number of carbonyl (C=O) groups excluding carboxylic acids is 2. The Morgan fingerprint density at radius 1 is 1.08 bits per heavy atom. The van der Waals surface area contributed by atoms with Crippen LogP contribution in [0.2, 0.25) is 5.02 Å². The molecular formula is C19H19ClN2O4. The zero-order valence-electron chi connectivity index (χ0n) is 14.3. The van der Waals surface area contributed by atoms with E-state index in [9.17, 15) is 9.59 Å². The number of amides is 2. The number of halogens is 1. The van der Waals surface area contributed by atoms with Crippen molar-refractivity contribution < 1.29 is 19.1 Å². The summed E-state index contributed by atoms with van der Waals surface area (Å²) in [5.74, 6) is 0.823. The highest BCUT2D eigenvalue weighted by Gasteiger charge is 2.18. The van der Waals surface area contributed by atoms with E-state index in [4.69, 9.17) is 21.1 Å². The fraction of sp³-hybridized carbons (Fsp3) is 0.263. The molecule has 1 aliphatic rings. The van der Waals surface area contributed by atoms with Crippen LogP contribution in [0.1, 0.15) is 24.9 Å². The summed E-state index contributed by atoms with van der Waals surface area (Å²) >= 11 is 5.90. The molecule has 1 aliphatic heterocycles. The minimum atomic E-state index is -0.443. The number of fused-ring (bicyclic) bond motifs is 1. The zero-order chi connectivity index (χ0) is 18.5. The van der Waals surface area contributed by atoms with E-state index in [-0.39, 0.29) is 18.2 Å². The van der Waals surface area contributed by atoms with Gasteiger partial charge < -0.3 is 20.1 Å². The predicted octanol–water partition coefficient (Wildman–Crippen LogP) is 3.32. The van der Waals surface area contributed by atoms with E-state index >= 15 is 0 Å². The Morgan fingerprint density at radius 2 is 1.77 bits per heavy atom. The van der Waals surface area contributed by atoms with Gasteiger partial charge in [-0.05, 0) is 29.8 Å². The molecule has 0 aliphatic carbocycles. The number of nitrogens with one attached hydrogen (secondary N) is 2. The van der Waals surface area contributed by atoms with E-state index in [1.807, 2.05) is 0 Å². The molecule has 2 amide bonds. The normalized spacial score (nSPS) is 13.6. The van der Waals surface area contributed by atoms with E-state index in [1.165, 1.54) is 6.92 Å². The Bertz CT molecular complexity index is 808. The van der Waals surface area contributed by atoms with Gasteiger partial charge in [-0.3, -0.25) is 9.59 Å². The topological polar surface area (TPSA) is 76.7 Å². The minimum Gasteiger partial charge on any atom is -0.486 e. The molecule has 2 aromatic rings. The van der Waals surface area contributed by atoms with Crippen LogP contribution >= 0.6 is 11.6 Å². The third-order valence-corrected chi connectivity index (χ3v) is 4.12. The number of hydrogen-bond acceptors (Lipinski definition) is 4. The molecule has 6 nitrogen and oxygen atoms in total. The molecule has 1 atom stereocenters. The van der Waals surface area contributed by atoms with Crippen LogP contribution < -0.4 is 20.1 Å². The minimum absolute atomic E-state index is 0.0929. The van der Waals surface area contributed by atoms with Gasteiger partial charge in [-0.1, -0.05) is 23.7 Å². The first-order valence-corrected chi connectivity index (χ1v) is 8.61. The van der Waals surface area contributed by atoms with Crippen LogP contribution in [0.4, 0.5) is 5.69 Å². The summed E-state index contributed by atoms with van der Waals surface area (Å²) in [5, 5.41) is 6.21. The lowest BCUT2D eigenvalue weighted by Crippen LogP contribution is -2.29. The van der Waals surface area contributed by atoms with Crippen molar-refractivity contribution in [1.29, 1.82) is 0 Å². The smallest absolute Gasteiger partial charge is 0.226 e. The average molecular weight is 375 g/mol. The average Bonchev–Trinajstić information content (AvgIpc) is 2.61. The third-order valence-electron chi connectivity index (χ3n) is 3.87. The predicted molar refractivity (Wildman–Crippen MR) is 98.7 cm³/mol. The number of benzene rings is 2. The molecular weight excluding hydrogens is 356 g/mol. The summed E-state index contributed by atoms with van der Waals surface area (Å²) in [7, 11) is 0. The Kier molecular flexibility index (Phi) is 5.63. The summed E-state index contributed by atoms with van der Waals surface area (Å²) in [6.45, 7) is 2.41. The van der Waals surface area contributed by atoms with Crippen molar-refractivity contribution in [3.05, 3.63) is 53.1 Å². The highest BCUT2D eigenvalue weighted by Crippen LogP contribution is 2.32. The van der Waals surface area contributed by atoms with Crippen molar-refractivity contribution in [2.45, 2.75) is 19.4 Å². The van der Waals surface area contributed by atoms with Crippen molar-refractivity contribution in [3.63, 3.8) is 0 Å². The van der Waals surface area contributed by atoms with Crippen molar-refractivity contribution >= 4 is 29.1 Å². The molecule has 1 heterocycles. The molecule has 136 valence electrons. The van der Waals surface area contributed by atoms with Gasteiger partial charge in [0.1, 0.15) is 13.2 Å². The van der Waals surface area contributed by atoms with Crippen LogP contribution in [-0.2, 0) is 9.59 Å². The number of rotatable bonds is 5. The molecule has 7 heteroatoms. The molecule has 26 heavy (non-hydrogen) atoms. The molecule has 2 aromatic carbocycles. The van der Waals surface area contributed by atoms with Gasteiger partial charge in [0.05, 0.1) is 12.5 Å². The molecule has 0 bridgehead atoms. The lowest BCUT2D eigenvalue weighted by atomic mass is 10.0. The monoisotopic (exact) mass is 374 g/mol. The fourth-order valence-electron chi connectivity index (χ4n) is 2.71. The number of carbonyl (C=O) groups is 2. The van der Waals surface area contributed by atoms with E-state index in [0.717, 1.165) is 5.56 Å². The summed E-state index contributed by atoms with van der Waals surface area (Å²) in [6, 6.07) is 11.8. The van der Waals surface area contributed by atoms with Crippen molar-refractivity contribution in [3.8, 4) is 11.5 Å². The molecule has 0 fully saturated rings. The Balaban J connectivity index is 1.69. The van der Waals surface area contributed by atoms with Crippen molar-refractivity contribution in [2.75, 3.05) is 18.5 Å². The number of hydrogen-bond donors (Lipinski definition) is 2. The van der Waals surface area contributed by atoms with Crippen LogP contribution in [0.5, 0.6) is 11.5 Å². The summed E-state index contributed by atoms with van der Waals surface area (Å²) in [6.07, 6.45) is 0.0929. The summed E-state index contributed by atoms with van der Waals surface area (Å²) in [5.41, 5.74) is 1.42. The van der Waals surface area contributed by atoms with E-state index < -0.39 is 6.04 Å². The van der Waals surface area contributed by atoms with Crippen LogP contribution in [0.15, 0.2) is 42.5 Å².